The van der Waals surface area contributed by atoms with E-state index in [9.17, 15) is 0 Å². The third kappa shape index (κ3) is 3.31. The van der Waals surface area contributed by atoms with Gasteiger partial charge in [0.25, 0.3) is 0 Å². The first-order valence-corrected chi connectivity index (χ1v) is 6.33. The van der Waals surface area contributed by atoms with Crippen molar-refractivity contribution in [2.24, 2.45) is 12.8 Å². The molecule has 0 aliphatic rings. The third-order valence-electron chi connectivity index (χ3n) is 2.29. The van der Waals surface area contributed by atoms with Gasteiger partial charge >= 0.3 is 0 Å². The number of pyridine rings is 1. The molecule has 0 aliphatic carbocycles. The molecule has 0 saturated carbocycles. The fourth-order valence-electron chi connectivity index (χ4n) is 1.58. The lowest BCUT2D eigenvalue weighted by Gasteiger charge is -2.08. The Hall–Kier alpha value is -1.33. The molecule has 1 unspecified atom stereocenters. The first-order chi connectivity index (χ1) is 8.15. The Morgan fingerprint density at radius 1 is 1.53 bits per heavy atom. The van der Waals surface area contributed by atoms with Crippen molar-refractivity contribution in [2.75, 3.05) is 0 Å². The molecule has 1 atom stereocenters. The van der Waals surface area contributed by atoms with E-state index in [4.69, 9.17) is 5.73 Å². The Bertz CT molecular complexity index is 493. The van der Waals surface area contributed by atoms with Gasteiger partial charge in [0.15, 0.2) is 0 Å². The molecule has 0 radical (unpaired) electrons. The lowest BCUT2D eigenvalue weighted by atomic mass is 10.1. The van der Waals surface area contributed by atoms with Crippen molar-refractivity contribution >= 4 is 11.8 Å². The standard InChI is InChI=1S/C12H16N4S/c1-9(13)6-10-4-3-5-14-12(10)17-11-7-15-16(2)8-11/h3-5,7-9H,6,13H2,1-2H3. The van der Waals surface area contributed by atoms with Crippen molar-refractivity contribution < 1.29 is 0 Å². The van der Waals surface area contributed by atoms with Gasteiger partial charge in [0.2, 0.25) is 0 Å². The average Bonchev–Trinajstić information content (AvgIpc) is 2.66. The summed E-state index contributed by atoms with van der Waals surface area (Å²) in [6.07, 6.45) is 6.48. The Balaban J connectivity index is 2.20. The van der Waals surface area contributed by atoms with E-state index in [2.05, 4.69) is 16.1 Å². The fourth-order valence-corrected chi connectivity index (χ4v) is 2.51. The molecule has 0 aliphatic heterocycles. The molecule has 0 saturated heterocycles. The van der Waals surface area contributed by atoms with Gasteiger partial charge in [-0.25, -0.2) is 4.98 Å². The van der Waals surface area contributed by atoms with Gasteiger partial charge in [-0.3, -0.25) is 4.68 Å². The summed E-state index contributed by atoms with van der Waals surface area (Å²) >= 11 is 1.63. The van der Waals surface area contributed by atoms with E-state index in [0.717, 1.165) is 16.3 Å². The summed E-state index contributed by atoms with van der Waals surface area (Å²) < 4.78 is 1.79. The first kappa shape index (κ1) is 12.1. The van der Waals surface area contributed by atoms with E-state index in [0.29, 0.717) is 0 Å². The quantitative estimate of drug-likeness (QED) is 0.897. The van der Waals surface area contributed by atoms with Crippen LogP contribution >= 0.6 is 11.8 Å². The van der Waals surface area contributed by atoms with E-state index < -0.39 is 0 Å². The van der Waals surface area contributed by atoms with Gasteiger partial charge in [-0.1, -0.05) is 17.8 Å². The minimum atomic E-state index is 0.146. The second-order valence-electron chi connectivity index (χ2n) is 4.10. The molecule has 0 bridgehead atoms. The zero-order valence-electron chi connectivity index (χ0n) is 10.00. The zero-order chi connectivity index (χ0) is 12.3. The highest BCUT2D eigenvalue weighted by molar-refractivity contribution is 7.99. The number of nitrogens with two attached hydrogens (primary N) is 1. The molecule has 2 N–H and O–H groups in total. The van der Waals surface area contributed by atoms with E-state index in [1.165, 1.54) is 5.56 Å². The lowest BCUT2D eigenvalue weighted by molar-refractivity contribution is 0.722. The smallest absolute Gasteiger partial charge is 0.104 e. The molecule has 2 rings (SSSR count). The van der Waals surface area contributed by atoms with Crippen LogP contribution in [-0.2, 0) is 13.5 Å². The minimum absolute atomic E-state index is 0.146. The maximum atomic E-state index is 5.84. The van der Waals surface area contributed by atoms with E-state index in [1.54, 1.807) is 16.4 Å². The molecular weight excluding hydrogens is 232 g/mol. The van der Waals surface area contributed by atoms with Crippen molar-refractivity contribution in [2.45, 2.75) is 29.3 Å². The predicted octanol–water partition coefficient (Wildman–Crippen LogP) is 1.86. The van der Waals surface area contributed by atoms with Crippen LogP contribution in [0.4, 0.5) is 0 Å². The second-order valence-corrected chi connectivity index (χ2v) is 5.16. The molecule has 4 nitrogen and oxygen atoms in total. The van der Waals surface area contributed by atoms with Gasteiger partial charge in [-0.15, -0.1) is 0 Å². The van der Waals surface area contributed by atoms with Crippen LogP contribution in [0.25, 0.3) is 0 Å². The number of aromatic nitrogens is 3. The largest absolute Gasteiger partial charge is 0.328 e. The van der Waals surface area contributed by atoms with Crippen LogP contribution in [0.3, 0.4) is 0 Å². The monoisotopic (exact) mass is 248 g/mol. The number of hydrogen-bond donors (Lipinski definition) is 1. The van der Waals surface area contributed by atoms with Gasteiger partial charge in [0.05, 0.1) is 11.1 Å². The van der Waals surface area contributed by atoms with Crippen molar-refractivity contribution in [3.05, 3.63) is 36.3 Å². The molecular formula is C12H16N4S. The molecule has 0 amide bonds. The van der Waals surface area contributed by atoms with Crippen LogP contribution in [-0.4, -0.2) is 20.8 Å². The molecule has 90 valence electrons. The highest BCUT2D eigenvalue weighted by Crippen LogP contribution is 2.28. The summed E-state index contributed by atoms with van der Waals surface area (Å²) in [6.45, 7) is 2.01. The Kier molecular flexibility index (Phi) is 3.81. The van der Waals surface area contributed by atoms with Gasteiger partial charge in [-0.2, -0.15) is 5.10 Å². The van der Waals surface area contributed by atoms with Crippen LogP contribution in [0.5, 0.6) is 0 Å². The number of hydrogen-bond acceptors (Lipinski definition) is 4. The highest BCUT2D eigenvalue weighted by Gasteiger charge is 2.08. The third-order valence-corrected chi connectivity index (χ3v) is 3.30. The fraction of sp³-hybridized carbons (Fsp3) is 0.333. The summed E-state index contributed by atoms with van der Waals surface area (Å²) in [6, 6.07) is 4.17. The zero-order valence-corrected chi connectivity index (χ0v) is 10.8. The Labute approximate surface area is 105 Å². The summed E-state index contributed by atoms with van der Waals surface area (Å²) in [5.74, 6) is 0. The number of rotatable bonds is 4. The van der Waals surface area contributed by atoms with Crippen LogP contribution in [0.2, 0.25) is 0 Å². The molecule has 2 aromatic rings. The molecule has 0 aromatic carbocycles. The first-order valence-electron chi connectivity index (χ1n) is 5.51. The molecule has 17 heavy (non-hydrogen) atoms. The molecule has 0 spiro atoms. The number of aryl methyl sites for hydroxylation is 1. The van der Waals surface area contributed by atoms with Gasteiger partial charge < -0.3 is 5.73 Å². The molecule has 5 heteroatoms. The molecule has 0 fully saturated rings. The van der Waals surface area contributed by atoms with E-state index in [1.807, 2.05) is 38.6 Å². The van der Waals surface area contributed by atoms with E-state index in [-0.39, 0.29) is 6.04 Å². The van der Waals surface area contributed by atoms with Crippen LogP contribution in [0.1, 0.15) is 12.5 Å². The Morgan fingerprint density at radius 2 is 2.35 bits per heavy atom. The maximum absolute atomic E-state index is 5.84. The normalized spacial score (nSPS) is 12.6. The second kappa shape index (κ2) is 5.33. The Morgan fingerprint density at radius 3 is 3.00 bits per heavy atom. The van der Waals surface area contributed by atoms with E-state index >= 15 is 0 Å². The van der Waals surface area contributed by atoms with Crippen LogP contribution in [0, 0.1) is 0 Å². The van der Waals surface area contributed by atoms with Crippen molar-refractivity contribution in [1.29, 1.82) is 0 Å². The molecule has 2 heterocycles. The van der Waals surface area contributed by atoms with Crippen LogP contribution in [0.15, 0.2) is 40.6 Å². The summed E-state index contributed by atoms with van der Waals surface area (Å²) in [5.41, 5.74) is 7.03. The SMILES string of the molecule is CC(N)Cc1cccnc1Sc1cnn(C)c1. The van der Waals surface area contributed by atoms with Gasteiger partial charge in [-0.05, 0) is 25.0 Å². The predicted molar refractivity (Wildman–Crippen MR) is 68.9 cm³/mol. The average molecular weight is 248 g/mol. The summed E-state index contributed by atoms with van der Waals surface area (Å²) in [5, 5.41) is 5.16. The minimum Gasteiger partial charge on any atom is -0.328 e. The van der Waals surface area contributed by atoms with Gasteiger partial charge in [0.1, 0.15) is 5.03 Å². The topological polar surface area (TPSA) is 56.7 Å². The van der Waals surface area contributed by atoms with Crippen molar-refractivity contribution in [1.82, 2.24) is 14.8 Å². The van der Waals surface area contributed by atoms with Crippen molar-refractivity contribution in [3.8, 4) is 0 Å². The summed E-state index contributed by atoms with van der Waals surface area (Å²) in [4.78, 5) is 5.50. The number of nitrogens with zero attached hydrogens (tertiary/aromatic N) is 3. The lowest BCUT2D eigenvalue weighted by Crippen LogP contribution is -2.18. The van der Waals surface area contributed by atoms with Crippen LogP contribution < -0.4 is 5.73 Å². The van der Waals surface area contributed by atoms with Gasteiger partial charge in [0, 0.05) is 25.5 Å². The molecule has 2 aromatic heterocycles. The summed E-state index contributed by atoms with van der Waals surface area (Å²) in [7, 11) is 1.91. The highest BCUT2D eigenvalue weighted by atomic mass is 32.2. The maximum Gasteiger partial charge on any atom is 0.104 e. The van der Waals surface area contributed by atoms with Crippen molar-refractivity contribution in [3.63, 3.8) is 0 Å².